The fourth-order valence-corrected chi connectivity index (χ4v) is 2.97. The van der Waals surface area contributed by atoms with Gasteiger partial charge in [-0.05, 0) is 57.3 Å². The molecule has 3 heteroatoms. The Kier molecular flexibility index (Phi) is 7.01. The molecular formula is C17H33NO2. The maximum Gasteiger partial charge on any atom is 0.223 e. The standard InChI is InChI=1S/C17H33NO2/c1-13(2)20-12-6-11-18-16(19)14-7-9-15(10-8-14)17(3,4)5/h13-15H,6-12H2,1-5H3,(H,18,19). The molecule has 0 aromatic carbocycles. The monoisotopic (exact) mass is 283 g/mol. The van der Waals surface area contributed by atoms with Gasteiger partial charge < -0.3 is 10.1 Å². The van der Waals surface area contributed by atoms with Gasteiger partial charge >= 0.3 is 0 Å². The van der Waals surface area contributed by atoms with Crippen LogP contribution in [-0.2, 0) is 9.53 Å². The number of hydrogen-bond donors (Lipinski definition) is 1. The number of rotatable bonds is 6. The quantitative estimate of drug-likeness (QED) is 0.754. The minimum atomic E-state index is 0.236. The van der Waals surface area contributed by atoms with Crippen molar-refractivity contribution in [2.75, 3.05) is 13.2 Å². The zero-order valence-electron chi connectivity index (χ0n) is 14.0. The molecule has 0 unspecified atom stereocenters. The summed E-state index contributed by atoms with van der Waals surface area (Å²) >= 11 is 0. The van der Waals surface area contributed by atoms with Crippen LogP contribution in [0, 0.1) is 17.3 Å². The van der Waals surface area contributed by atoms with Gasteiger partial charge in [0.05, 0.1) is 6.10 Å². The molecule has 20 heavy (non-hydrogen) atoms. The average Bonchev–Trinajstić information content (AvgIpc) is 2.37. The molecular weight excluding hydrogens is 250 g/mol. The second kappa shape index (κ2) is 8.02. The predicted molar refractivity (Wildman–Crippen MR) is 83.6 cm³/mol. The van der Waals surface area contributed by atoms with Crippen molar-refractivity contribution in [2.45, 2.75) is 72.8 Å². The molecule has 3 nitrogen and oxygen atoms in total. The van der Waals surface area contributed by atoms with Crippen LogP contribution >= 0.6 is 0 Å². The lowest BCUT2D eigenvalue weighted by molar-refractivity contribution is -0.126. The molecule has 1 aliphatic rings. The average molecular weight is 283 g/mol. The van der Waals surface area contributed by atoms with E-state index in [2.05, 4.69) is 26.1 Å². The topological polar surface area (TPSA) is 38.3 Å². The van der Waals surface area contributed by atoms with Crippen LogP contribution in [0.15, 0.2) is 0 Å². The minimum Gasteiger partial charge on any atom is -0.379 e. The Morgan fingerprint density at radius 1 is 1.20 bits per heavy atom. The third kappa shape index (κ3) is 6.25. The van der Waals surface area contributed by atoms with Gasteiger partial charge in [0.1, 0.15) is 0 Å². The van der Waals surface area contributed by atoms with Crippen molar-refractivity contribution in [1.82, 2.24) is 5.32 Å². The summed E-state index contributed by atoms with van der Waals surface area (Å²) in [6.07, 6.45) is 5.67. The lowest BCUT2D eigenvalue weighted by atomic mass is 9.69. The molecule has 1 saturated carbocycles. The fourth-order valence-electron chi connectivity index (χ4n) is 2.97. The van der Waals surface area contributed by atoms with E-state index in [4.69, 9.17) is 4.74 Å². The molecule has 0 heterocycles. The molecule has 1 rings (SSSR count). The van der Waals surface area contributed by atoms with E-state index in [1.54, 1.807) is 0 Å². The highest BCUT2D eigenvalue weighted by Gasteiger charge is 2.32. The van der Waals surface area contributed by atoms with Crippen LogP contribution in [-0.4, -0.2) is 25.2 Å². The van der Waals surface area contributed by atoms with Gasteiger partial charge in [-0.1, -0.05) is 20.8 Å². The number of hydrogen-bond acceptors (Lipinski definition) is 2. The maximum atomic E-state index is 12.1. The Balaban J connectivity index is 2.16. The van der Waals surface area contributed by atoms with Crippen molar-refractivity contribution in [1.29, 1.82) is 0 Å². The first-order chi connectivity index (χ1) is 9.30. The second-order valence-corrected chi connectivity index (χ2v) is 7.48. The van der Waals surface area contributed by atoms with Crippen molar-refractivity contribution in [3.05, 3.63) is 0 Å². The summed E-state index contributed by atoms with van der Waals surface area (Å²) in [6, 6.07) is 0. The first-order valence-electron chi connectivity index (χ1n) is 8.20. The maximum absolute atomic E-state index is 12.1. The van der Waals surface area contributed by atoms with Crippen LogP contribution in [0.3, 0.4) is 0 Å². The van der Waals surface area contributed by atoms with Crippen molar-refractivity contribution >= 4 is 5.91 Å². The predicted octanol–water partition coefficient (Wildman–Crippen LogP) is 3.77. The van der Waals surface area contributed by atoms with E-state index in [1.807, 2.05) is 13.8 Å². The smallest absolute Gasteiger partial charge is 0.223 e. The van der Waals surface area contributed by atoms with Gasteiger partial charge in [-0.25, -0.2) is 0 Å². The minimum absolute atomic E-state index is 0.236. The third-order valence-corrected chi connectivity index (χ3v) is 4.39. The number of amides is 1. The molecule has 0 atom stereocenters. The molecule has 0 aromatic heterocycles. The van der Waals surface area contributed by atoms with Crippen LogP contribution in [0.2, 0.25) is 0 Å². The van der Waals surface area contributed by atoms with Crippen LogP contribution in [0.5, 0.6) is 0 Å². The number of nitrogens with one attached hydrogen (secondary N) is 1. The molecule has 1 N–H and O–H groups in total. The molecule has 0 bridgehead atoms. The van der Waals surface area contributed by atoms with Crippen LogP contribution in [0.25, 0.3) is 0 Å². The second-order valence-electron chi connectivity index (χ2n) is 7.48. The Bertz CT molecular complexity index is 286. The van der Waals surface area contributed by atoms with Crippen molar-refractivity contribution in [2.24, 2.45) is 17.3 Å². The van der Waals surface area contributed by atoms with Crippen molar-refractivity contribution < 1.29 is 9.53 Å². The Morgan fingerprint density at radius 3 is 2.30 bits per heavy atom. The van der Waals surface area contributed by atoms with Gasteiger partial charge in [-0.2, -0.15) is 0 Å². The van der Waals surface area contributed by atoms with Crippen molar-refractivity contribution in [3.63, 3.8) is 0 Å². The largest absolute Gasteiger partial charge is 0.379 e. The van der Waals surface area contributed by atoms with Gasteiger partial charge in [0.2, 0.25) is 5.91 Å². The van der Waals surface area contributed by atoms with Gasteiger partial charge in [0.15, 0.2) is 0 Å². The molecule has 1 fully saturated rings. The van der Waals surface area contributed by atoms with Gasteiger partial charge in [-0.15, -0.1) is 0 Å². The molecule has 1 amide bonds. The normalized spacial score (nSPS) is 23.9. The van der Waals surface area contributed by atoms with Crippen LogP contribution < -0.4 is 5.32 Å². The van der Waals surface area contributed by atoms with E-state index < -0.39 is 0 Å². The van der Waals surface area contributed by atoms with E-state index in [-0.39, 0.29) is 17.9 Å². The lowest BCUT2D eigenvalue weighted by Gasteiger charge is -2.36. The Hall–Kier alpha value is -0.570. The molecule has 0 spiro atoms. The van der Waals surface area contributed by atoms with E-state index >= 15 is 0 Å². The summed E-state index contributed by atoms with van der Waals surface area (Å²) in [5.41, 5.74) is 0.385. The van der Waals surface area contributed by atoms with E-state index in [0.29, 0.717) is 5.41 Å². The summed E-state index contributed by atoms with van der Waals surface area (Å²) in [7, 11) is 0. The fraction of sp³-hybridized carbons (Fsp3) is 0.941. The highest BCUT2D eigenvalue weighted by Crippen LogP contribution is 2.39. The molecule has 1 aliphatic carbocycles. The van der Waals surface area contributed by atoms with E-state index in [1.165, 1.54) is 12.8 Å². The SMILES string of the molecule is CC(C)OCCCNC(=O)C1CCC(C(C)(C)C)CC1. The third-order valence-electron chi connectivity index (χ3n) is 4.39. The van der Waals surface area contributed by atoms with E-state index in [9.17, 15) is 4.79 Å². The highest BCUT2D eigenvalue weighted by atomic mass is 16.5. The molecule has 118 valence electrons. The number of carbonyl (C=O) groups is 1. The molecule has 0 saturated heterocycles. The number of carbonyl (C=O) groups excluding carboxylic acids is 1. The van der Waals surface area contributed by atoms with Crippen molar-refractivity contribution in [3.8, 4) is 0 Å². The lowest BCUT2D eigenvalue weighted by Crippen LogP contribution is -2.36. The molecule has 0 aromatic rings. The summed E-state index contributed by atoms with van der Waals surface area (Å²) in [6.45, 7) is 12.5. The first-order valence-corrected chi connectivity index (χ1v) is 8.20. The summed E-state index contributed by atoms with van der Waals surface area (Å²) < 4.78 is 5.47. The van der Waals surface area contributed by atoms with Gasteiger partial charge in [0, 0.05) is 19.1 Å². The molecule has 0 aliphatic heterocycles. The van der Waals surface area contributed by atoms with Crippen LogP contribution in [0.4, 0.5) is 0 Å². The van der Waals surface area contributed by atoms with Crippen LogP contribution in [0.1, 0.15) is 66.7 Å². The highest BCUT2D eigenvalue weighted by molar-refractivity contribution is 5.78. The van der Waals surface area contributed by atoms with Gasteiger partial charge in [-0.3, -0.25) is 4.79 Å². The molecule has 0 radical (unpaired) electrons. The first kappa shape index (κ1) is 17.5. The Morgan fingerprint density at radius 2 is 1.80 bits per heavy atom. The summed E-state index contributed by atoms with van der Waals surface area (Å²) in [5, 5.41) is 3.06. The summed E-state index contributed by atoms with van der Waals surface area (Å²) in [4.78, 5) is 12.1. The van der Waals surface area contributed by atoms with Gasteiger partial charge in [0.25, 0.3) is 0 Å². The zero-order valence-corrected chi connectivity index (χ0v) is 14.0. The zero-order chi connectivity index (χ0) is 15.2. The number of ether oxygens (including phenoxy) is 1. The summed E-state index contributed by atoms with van der Waals surface area (Å²) in [5.74, 6) is 1.26. The van der Waals surface area contributed by atoms with E-state index in [0.717, 1.165) is 38.3 Å². The Labute approximate surface area is 124 Å².